The first kappa shape index (κ1) is 13.5. The third-order valence-electron chi connectivity index (χ3n) is 2.13. The van der Waals surface area contributed by atoms with Crippen molar-refractivity contribution in [1.82, 2.24) is 0 Å². The number of halogens is 3. The molecule has 1 aromatic rings. The van der Waals surface area contributed by atoms with Gasteiger partial charge < -0.3 is 0 Å². The lowest BCUT2D eigenvalue weighted by Crippen LogP contribution is -2.11. The molecule has 0 unspecified atom stereocenters. The predicted molar refractivity (Wildman–Crippen MR) is 52.1 cm³/mol. The highest BCUT2D eigenvalue weighted by Crippen LogP contribution is 2.38. The summed E-state index contributed by atoms with van der Waals surface area (Å²) in [7, 11) is 0. The van der Waals surface area contributed by atoms with Crippen molar-refractivity contribution < 1.29 is 18.1 Å². The van der Waals surface area contributed by atoms with Crippen molar-refractivity contribution in [2.45, 2.75) is 12.6 Å². The number of rotatable bonds is 2. The predicted octanol–water partition coefficient (Wildman–Crippen LogP) is 2.55. The molecule has 1 rings (SSSR count). The van der Waals surface area contributed by atoms with Crippen LogP contribution in [0.15, 0.2) is 12.1 Å². The summed E-state index contributed by atoms with van der Waals surface area (Å²) in [6.45, 7) is 0. The minimum absolute atomic E-state index is 0.0975. The van der Waals surface area contributed by atoms with E-state index in [0.29, 0.717) is 6.07 Å². The minimum Gasteiger partial charge on any atom is -0.258 e. The molecule has 0 aliphatic heterocycles. The van der Waals surface area contributed by atoms with E-state index < -0.39 is 27.9 Å². The first-order chi connectivity index (χ1) is 8.32. The van der Waals surface area contributed by atoms with Gasteiger partial charge in [0.25, 0.3) is 5.69 Å². The maximum Gasteiger partial charge on any atom is 0.423 e. The number of hydrogen-bond acceptors (Lipinski definition) is 4. The number of nitro groups is 1. The van der Waals surface area contributed by atoms with Crippen LogP contribution in [-0.2, 0) is 12.6 Å². The van der Waals surface area contributed by atoms with Gasteiger partial charge in [-0.25, -0.2) is 0 Å². The van der Waals surface area contributed by atoms with Crippen LogP contribution in [0.1, 0.15) is 16.7 Å². The summed E-state index contributed by atoms with van der Waals surface area (Å²) in [4.78, 5) is 9.41. The highest BCUT2D eigenvalue weighted by Gasteiger charge is 2.40. The monoisotopic (exact) mass is 255 g/mol. The molecule has 0 radical (unpaired) electrons. The fraction of sp³-hybridized carbons (Fsp3) is 0.200. The van der Waals surface area contributed by atoms with Gasteiger partial charge in [0.1, 0.15) is 17.2 Å². The molecule has 1 aromatic carbocycles. The fourth-order valence-electron chi connectivity index (χ4n) is 1.41. The Hall–Kier alpha value is -2.61. The zero-order valence-electron chi connectivity index (χ0n) is 8.65. The van der Waals surface area contributed by atoms with Gasteiger partial charge >= 0.3 is 6.18 Å². The van der Waals surface area contributed by atoms with Crippen LogP contribution >= 0.6 is 0 Å². The summed E-state index contributed by atoms with van der Waals surface area (Å²) < 4.78 is 37.7. The lowest BCUT2D eigenvalue weighted by molar-refractivity contribution is -0.388. The van der Waals surface area contributed by atoms with Crippen LogP contribution in [0, 0.1) is 32.8 Å². The van der Waals surface area contributed by atoms with Crippen molar-refractivity contribution in [3.05, 3.63) is 38.9 Å². The van der Waals surface area contributed by atoms with Crippen molar-refractivity contribution in [2.75, 3.05) is 0 Å². The molecule has 0 aliphatic carbocycles. The lowest BCUT2D eigenvalue weighted by Gasteiger charge is -2.09. The number of nitriles is 2. The van der Waals surface area contributed by atoms with Crippen molar-refractivity contribution in [1.29, 1.82) is 10.5 Å². The smallest absolute Gasteiger partial charge is 0.258 e. The normalized spacial score (nSPS) is 10.5. The summed E-state index contributed by atoms with van der Waals surface area (Å²) in [5.74, 6) is 0. The molecule has 8 heteroatoms. The van der Waals surface area contributed by atoms with Gasteiger partial charge in [0.15, 0.2) is 0 Å². The summed E-state index contributed by atoms with van der Waals surface area (Å²) >= 11 is 0. The number of benzene rings is 1. The van der Waals surface area contributed by atoms with Gasteiger partial charge in [-0.3, -0.25) is 10.1 Å². The van der Waals surface area contributed by atoms with Gasteiger partial charge in [-0.2, -0.15) is 23.7 Å². The van der Waals surface area contributed by atoms with E-state index in [2.05, 4.69) is 0 Å². The van der Waals surface area contributed by atoms with Crippen LogP contribution in [0.5, 0.6) is 0 Å². The van der Waals surface area contributed by atoms with Crippen LogP contribution in [0.2, 0.25) is 0 Å². The van der Waals surface area contributed by atoms with E-state index in [4.69, 9.17) is 10.5 Å². The summed E-state index contributed by atoms with van der Waals surface area (Å²) in [6, 6.07) is 4.38. The van der Waals surface area contributed by atoms with E-state index in [1.54, 1.807) is 6.07 Å². The lowest BCUT2D eigenvalue weighted by atomic mass is 9.99. The second kappa shape index (κ2) is 4.72. The largest absolute Gasteiger partial charge is 0.423 e. The Morgan fingerprint density at radius 3 is 2.33 bits per heavy atom. The molecule has 92 valence electrons. The van der Waals surface area contributed by atoms with Crippen LogP contribution in [0.4, 0.5) is 18.9 Å². The van der Waals surface area contributed by atoms with Crippen LogP contribution in [-0.4, -0.2) is 4.92 Å². The molecule has 0 atom stereocenters. The highest BCUT2D eigenvalue weighted by atomic mass is 19.4. The molecule has 0 aromatic heterocycles. The van der Waals surface area contributed by atoms with Gasteiger partial charge in [0, 0.05) is 0 Å². The zero-order chi connectivity index (χ0) is 13.9. The van der Waals surface area contributed by atoms with Gasteiger partial charge in [-0.15, -0.1) is 0 Å². The Morgan fingerprint density at radius 1 is 1.33 bits per heavy atom. The Morgan fingerprint density at radius 2 is 1.94 bits per heavy atom. The van der Waals surface area contributed by atoms with Crippen molar-refractivity contribution in [3.8, 4) is 12.1 Å². The molecule has 5 nitrogen and oxygen atoms in total. The van der Waals surface area contributed by atoms with Gasteiger partial charge in [0.05, 0.1) is 17.4 Å². The Balaban J connectivity index is 3.67. The second-order valence-electron chi connectivity index (χ2n) is 3.20. The molecular weight excluding hydrogens is 251 g/mol. The maximum atomic E-state index is 12.6. The van der Waals surface area contributed by atoms with Gasteiger partial charge in [-0.1, -0.05) is 6.07 Å². The van der Waals surface area contributed by atoms with Crippen molar-refractivity contribution in [3.63, 3.8) is 0 Å². The first-order valence-electron chi connectivity index (χ1n) is 4.47. The second-order valence-corrected chi connectivity index (χ2v) is 3.20. The molecule has 0 N–H and O–H groups in total. The van der Waals surface area contributed by atoms with Crippen molar-refractivity contribution >= 4 is 5.69 Å². The molecule has 0 spiro atoms. The van der Waals surface area contributed by atoms with E-state index in [-0.39, 0.29) is 12.0 Å². The SMILES string of the molecule is N#CCc1ccc(C(F)(F)F)c([N+](=O)[O-])c1C#N. The Labute approximate surface area is 98.8 Å². The molecule has 0 saturated heterocycles. The molecular formula is C10H4F3N3O2. The first-order valence-corrected chi connectivity index (χ1v) is 4.47. The molecule has 0 amide bonds. The van der Waals surface area contributed by atoms with E-state index in [0.717, 1.165) is 6.07 Å². The van der Waals surface area contributed by atoms with Crippen LogP contribution < -0.4 is 0 Å². The molecule has 0 saturated carbocycles. The highest BCUT2D eigenvalue weighted by molar-refractivity contribution is 5.59. The quantitative estimate of drug-likeness (QED) is 0.599. The number of nitrogens with zero attached hydrogens (tertiary/aromatic N) is 3. The third kappa shape index (κ3) is 2.38. The van der Waals surface area contributed by atoms with Gasteiger partial charge in [0.2, 0.25) is 0 Å². The molecule has 18 heavy (non-hydrogen) atoms. The van der Waals surface area contributed by atoms with E-state index in [1.165, 1.54) is 6.07 Å². The summed E-state index contributed by atoms with van der Waals surface area (Å²) in [6.07, 6.45) is -5.30. The maximum absolute atomic E-state index is 12.6. The van der Waals surface area contributed by atoms with Crippen LogP contribution in [0.25, 0.3) is 0 Å². The third-order valence-corrected chi connectivity index (χ3v) is 2.13. The van der Waals surface area contributed by atoms with E-state index >= 15 is 0 Å². The minimum atomic E-state index is -4.93. The molecule has 0 heterocycles. The number of hydrogen-bond donors (Lipinski definition) is 0. The average Bonchev–Trinajstić information content (AvgIpc) is 2.27. The standard InChI is InChI=1S/C10H4F3N3O2/c11-10(12,13)8-2-1-6(3-4-14)7(5-15)9(8)16(17)18/h1-2H,3H2. The molecule has 0 fully saturated rings. The van der Waals surface area contributed by atoms with Crippen molar-refractivity contribution in [2.24, 2.45) is 0 Å². The fourth-order valence-corrected chi connectivity index (χ4v) is 1.41. The zero-order valence-corrected chi connectivity index (χ0v) is 8.65. The number of alkyl halides is 3. The molecule has 0 aliphatic rings. The van der Waals surface area contributed by atoms with E-state index in [9.17, 15) is 23.3 Å². The average molecular weight is 255 g/mol. The van der Waals surface area contributed by atoms with E-state index in [1.807, 2.05) is 0 Å². The summed E-state index contributed by atoms with van der Waals surface area (Å²) in [5, 5.41) is 27.9. The Kier molecular flexibility index (Phi) is 3.53. The Bertz CT molecular complexity index is 582. The van der Waals surface area contributed by atoms with Crippen LogP contribution in [0.3, 0.4) is 0 Å². The van der Waals surface area contributed by atoms with Gasteiger partial charge in [-0.05, 0) is 11.6 Å². The topological polar surface area (TPSA) is 90.7 Å². The molecule has 0 bridgehead atoms. The number of nitro benzene ring substituents is 1. The summed E-state index contributed by atoms with van der Waals surface area (Å²) in [5.41, 5.74) is -3.63.